The lowest BCUT2D eigenvalue weighted by Crippen LogP contribution is -2.26. The van der Waals surface area contributed by atoms with E-state index in [2.05, 4.69) is 19.3 Å². The molecule has 7 nitrogen and oxygen atoms in total. The summed E-state index contributed by atoms with van der Waals surface area (Å²) >= 11 is 0. The van der Waals surface area contributed by atoms with Crippen molar-refractivity contribution in [1.29, 1.82) is 0 Å². The van der Waals surface area contributed by atoms with Gasteiger partial charge in [-0.3, -0.25) is 0 Å². The highest BCUT2D eigenvalue weighted by atomic mass is 32.2. The van der Waals surface area contributed by atoms with Gasteiger partial charge in [0.1, 0.15) is 17.0 Å². The summed E-state index contributed by atoms with van der Waals surface area (Å²) in [5.74, 6) is 2.25. The van der Waals surface area contributed by atoms with E-state index in [-0.39, 0.29) is 6.54 Å². The maximum absolute atomic E-state index is 11.6. The zero-order valence-electron chi connectivity index (χ0n) is 14.1. The van der Waals surface area contributed by atoms with Crippen LogP contribution in [0.15, 0.2) is 18.5 Å². The van der Waals surface area contributed by atoms with Gasteiger partial charge in [-0.25, -0.2) is 23.1 Å². The van der Waals surface area contributed by atoms with E-state index in [0.29, 0.717) is 12.0 Å². The number of fused-ring (bicyclic) bond motifs is 5. The van der Waals surface area contributed by atoms with Gasteiger partial charge in [0, 0.05) is 17.6 Å². The SMILES string of the molecule is CS(=O)(=O)NCc1nc2cnc3[nH]ccc3c2n1[C@H]1C[C@@H]2CC[C@H]1C2. The van der Waals surface area contributed by atoms with Crippen LogP contribution in [-0.4, -0.2) is 34.2 Å². The number of sulfonamides is 1. The maximum atomic E-state index is 11.6. The summed E-state index contributed by atoms with van der Waals surface area (Å²) in [5, 5.41) is 1.05. The van der Waals surface area contributed by atoms with E-state index in [1.807, 2.05) is 12.3 Å². The molecule has 0 aliphatic heterocycles. The molecule has 0 aromatic carbocycles. The minimum absolute atomic E-state index is 0.216. The lowest BCUT2D eigenvalue weighted by atomic mass is 9.95. The minimum Gasteiger partial charge on any atom is -0.346 e. The number of imidazole rings is 1. The Bertz CT molecular complexity index is 1070. The van der Waals surface area contributed by atoms with Gasteiger partial charge in [0.2, 0.25) is 10.0 Å². The first kappa shape index (κ1) is 15.3. The average molecular weight is 359 g/mol. The van der Waals surface area contributed by atoms with Crippen molar-refractivity contribution >= 4 is 32.1 Å². The molecule has 2 saturated carbocycles. The second kappa shape index (κ2) is 5.28. The Balaban J connectivity index is 1.70. The molecule has 3 heterocycles. The van der Waals surface area contributed by atoms with E-state index in [9.17, 15) is 8.42 Å². The van der Waals surface area contributed by atoms with Gasteiger partial charge in [-0.2, -0.15) is 0 Å². The van der Waals surface area contributed by atoms with Crippen LogP contribution in [0.1, 0.15) is 37.5 Å². The third kappa shape index (κ3) is 2.46. The third-order valence-corrected chi connectivity index (χ3v) is 6.50. The van der Waals surface area contributed by atoms with Gasteiger partial charge in [0.25, 0.3) is 0 Å². The van der Waals surface area contributed by atoms with Gasteiger partial charge in [0.15, 0.2) is 0 Å². The Morgan fingerprint density at radius 1 is 1.36 bits per heavy atom. The standard InChI is InChI=1S/C17H21N5O2S/c1-25(23,24)20-9-15-21-13-8-19-17-12(4-5-18-17)16(13)22(15)14-7-10-2-3-11(14)6-10/h4-5,8,10-11,14,20H,2-3,6-7,9H2,1H3,(H,18,19)/t10-,11+,14+/m1/s1. The number of nitrogens with one attached hydrogen (secondary N) is 2. The Morgan fingerprint density at radius 2 is 2.24 bits per heavy atom. The number of pyridine rings is 1. The Morgan fingerprint density at radius 3 is 2.96 bits per heavy atom. The number of nitrogens with zero attached hydrogens (tertiary/aromatic N) is 3. The van der Waals surface area contributed by atoms with Crippen molar-refractivity contribution in [2.75, 3.05) is 6.26 Å². The van der Waals surface area contributed by atoms with Gasteiger partial charge >= 0.3 is 0 Å². The monoisotopic (exact) mass is 359 g/mol. The summed E-state index contributed by atoms with van der Waals surface area (Å²) in [6.07, 6.45) is 9.89. The second-order valence-electron chi connectivity index (χ2n) is 7.47. The van der Waals surface area contributed by atoms with Crippen LogP contribution in [0.2, 0.25) is 0 Å². The molecule has 0 spiro atoms. The van der Waals surface area contributed by atoms with Crippen molar-refractivity contribution in [2.24, 2.45) is 11.8 Å². The summed E-state index contributed by atoms with van der Waals surface area (Å²) in [6.45, 7) is 0.216. The molecule has 0 radical (unpaired) electrons. The first-order chi connectivity index (χ1) is 12.0. The topological polar surface area (TPSA) is 92.7 Å². The van der Waals surface area contributed by atoms with Crippen molar-refractivity contribution in [3.8, 4) is 0 Å². The average Bonchev–Trinajstić information content (AvgIpc) is 3.31. The number of rotatable bonds is 4. The lowest BCUT2D eigenvalue weighted by Gasteiger charge is -2.26. The molecule has 0 unspecified atom stereocenters. The van der Waals surface area contributed by atoms with E-state index in [0.717, 1.165) is 40.2 Å². The highest BCUT2D eigenvalue weighted by Crippen LogP contribution is 2.52. The number of aromatic nitrogens is 4. The smallest absolute Gasteiger partial charge is 0.209 e. The van der Waals surface area contributed by atoms with E-state index in [1.165, 1.54) is 25.5 Å². The molecular formula is C17H21N5O2S. The van der Waals surface area contributed by atoms with Crippen LogP contribution < -0.4 is 4.72 Å². The summed E-state index contributed by atoms with van der Waals surface area (Å²) in [6, 6.07) is 2.43. The molecule has 5 rings (SSSR count). The van der Waals surface area contributed by atoms with Crippen LogP contribution in [0.3, 0.4) is 0 Å². The largest absolute Gasteiger partial charge is 0.346 e. The first-order valence-electron chi connectivity index (χ1n) is 8.77. The predicted molar refractivity (Wildman–Crippen MR) is 95.6 cm³/mol. The molecule has 2 fully saturated rings. The minimum atomic E-state index is -3.27. The predicted octanol–water partition coefficient (Wildman–Crippen LogP) is 2.32. The van der Waals surface area contributed by atoms with Crippen molar-refractivity contribution in [1.82, 2.24) is 24.2 Å². The number of H-pyrrole nitrogens is 1. The molecule has 3 atom stereocenters. The highest BCUT2D eigenvalue weighted by molar-refractivity contribution is 7.88. The van der Waals surface area contributed by atoms with Crippen LogP contribution in [0.5, 0.6) is 0 Å². The summed E-state index contributed by atoms with van der Waals surface area (Å²) in [7, 11) is -3.27. The molecule has 2 bridgehead atoms. The third-order valence-electron chi connectivity index (χ3n) is 5.83. The fourth-order valence-electron chi connectivity index (χ4n) is 4.85. The number of hydrogen-bond donors (Lipinski definition) is 2. The van der Waals surface area contributed by atoms with E-state index in [1.54, 1.807) is 6.20 Å². The molecule has 2 N–H and O–H groups in total. The Kier molecular flexibility index (Phi) is 3.24. The van der Waals surface area contributed by atoms with Crippen LogP contribution in [0, 0.1) is 11.8 Å². The van der Waals surface area contributed by atoms with E-state index in [4.69, 9.17) is 4.98 Å². The van der Waals surface area contributed by atoms with Crippen molar-refractivity contribution in [3.63, 3.8) is 0 Å². The first-order valence-corrected chi connectivity index (χ1v) is 10.7. The number of aromatic amines is 1. The summed E-state index contributed by atoms with van der Waals surface area (Å²) < 4.78 is 28.1. The van der Waals surface area contributed by atoms with Crippen molar-refractivity contribution < 1.29 is 8.42 Å². The van der Waals surface area contributed by atoms with Crippen LogP contribution in [0.25, 0.3) is 22.1 Å². The molecule has 0 saturated heterocycles. The summed E-state index contributed by atoms with van der Waals surface area (Å²) in [5.41, 5.74) is 2.76. The quantitative estimate of drug-likeness (QED) is 0.748. The zero-order valence-corrected chi connectivity index (χ0v) is 14.9. The van der Waals surface area contributed by atoms with E-state index >= 15 is 0 Å². The molecule has 2 aliphatic carbocycles. The molecule has 2 aliphatic rings. The lowest BCUT2D eigenvalue weighted by molar-refractivity contribution is 0.329. The van der Waals surface area contributed by atoms with Gasteiger partial charge in [-0.15, -0.1) is 0 Å². The van der Waals surface area contributed by atoms with Crippen molar-refractivity contribution in [3.05, 3.63) is 24.3 Å². The number of hydrogen-bond acceptors (Lipinski definition) is 4. The van der Waals surface area contributed by atoms with Crippen LogP contribution in [0.4, 0.5) is 0 Å². The molecule has 0 amide bonds. The Hall–Kier alpha value is -1.93. The molecule has 8 heteroatoms. The van der Waals surface area contributed by atoms with E-state index < -0.39 is 10.0 Å². The fraction of sp³-hybridized carbons (Fsp3) is 0.529. The van der Waals surface area contributed by atoms with Gasteiger partial charge in [-0.1, -0.05) is 6.42 Å². The van der Waals surface area contributed by atoms with Crippen LogP contribution in [-0.2, 0) is 16.6 Å². The zero-order chi connectivity index (χ0) is 17.2. The molecule has 132 valence electrons. The van der Waals surface area contributed by atoms with Gasteiger partial charge < -0.3 is 9.55 Å². The summed E-state index contributed by atoms with van der Waals surface area (Å²) in [4.78, 5) is 12.3. The molecule has 3 aromatic rings. The fourth-order valence-corrected chi connectivity index (χ4v) is 5.24. The Labute approximate surface area is 145 Å². The molecule has 3 aromatic heterocycles. The highest BCUT2D eigenvalue weighted by Gasteiger charge is 2.42. The van der Waals surface area contributed by atoms with Crippen LogP contribution >= 0.6 is 0 Å². The normalized spacial score (nSPS) is 26.2. The van der Waals surface area contributed by atoms with Gasteiger partial charge in [-0.05, 0) is 37.2 Å². The molecular weight excluding hydrogens is 338 g/mol. The second-order valence-corrected chi connectivity index (χ2v) is 9.30. The molecule has 25 heavy (non-hydrogen) atoms. The van der Waals surface area contributed by atoms with Gasteiger partial charge in [0.05, 0.1) is 24.5 Å². The maximum Gasteiger partial charge on any atom is 0.209 e. The van der Waals surface area contributed by atoms with Crippen molar-refractivity contribution in [2.45, 2.75) is 38.3 Å².